The van der Waals surface area contributed by atoms with Crippen LogP contribution in [0.3, 0.4) is 0 Å². The van der Waals surface area contributed by atoms with Gasteiger partial charge in [-0.2, -0.15) is 0 Å². The first-order valence-corrected chi connectivity index (χ1v) is 24.5. The van der Waals surface area contributed by atoms with Gasteiger partial charge in [0.25, 0.3) is 0 Å². The molecule has 4 heterocycles. The van der Waals surface area contributed by atoms with Crippen molar-refractivity contribution in [2.75, 3.05) is 35.3 Å². The Morgan fingerprint density at radius 3 is 2.18 bits per heavy atom. The maximum Gasteiger partial charge on any atom is 0.309 e. The van der Waals surface area contributed by atoms with Crippen LogP contribution in [-0.4, -0.2) is 183 Å². The minimum Gasteiger partial charge on any atom is -0.462 e. The highest BCUT2D eigenvalue weighted by Crippen LogP contribution is 2.38. The molecule has 0 spiro atoms. The summed E-state index contributed by atoms with van der Waals surface area (Å²) in [6.07, 6.45) is -1.77. The van der Waals surface area contributed by atoms with E-state index in [-0.39, 0.29) is 43.2 Å². The van der Waals surface area contributed by atoms with Crippen molar-refractivity contribution in [1.82, 2.24) is 9.80 Å². The van der Waals surface area contributed by atoms with Gasteiger partial charge in [0.15, 0.2) is 25.0 Å². The molecular weight excluding hydrogens is 885 g/mol. The van der Waals surface area contributed by atoms with Crippen molar-refractivity contribution in [3.63, 3.8) is 0 Å². The van der Waals surface area contributed by atoms with Crippen molar-refractivity contribution < 1.29 is 76.8 Å². The molecule has 0 saturated carbocycles. The summed E-state index contributed by atoms with van der Waals surface area (Å²) in [6, 6.07) is -0.550. The van der Waals surface area contributed by atoms with Crippen molar-refractivity contribution >= 4 is 24.2 Å². The van der Waals surface area contributed by atoms with E-state index in [0.717, 1.165) is 12.7 Å². The predicted molar refractivity (Wildman–Crippen MR) is 250 cm³/mol. The Morgan fingerprint density at radius 2 is 1.59 bits per heavy atom. The molecule has 1 unspecified atom stereocenters. The molecule has 3 fully saturated rings. The van der Waals surface area contributed by atoms with Crippen molar-refractivity contribution in [1.29, 1.82) is 0 Å². The standard InChI is InChI=1S/C50H84N2O16/c1-28(2)24-39(55)66-48-33(7)62-42(27-50(48,9)58)67-45-32(6)63-49(44(57)43(45)52(12)13)68-46-35(22-23-53)25-29(3)37(65-41-21-20-36(51(10)11)31(5)61-41)19-17-15-16-18-30(4)60-40(56)26-38(47(46)59-14)64-34(8)54/h15-17,19,23,28-33,35-38,41-49,57-58H,18,20-22,24-27H2,1-14H3/b16-15+,19-17+/t29-,30-,31-,32-,33+,35+,36+,37+,38-,41+,42+,43-,44-,45-,46+,47?,48+,49+,50-/m1/s1. The van der Waals surface area contributed by atoms with Crippen molar-refractivity contribution in [2.45, 2.75) is 217 Å². The highest BCUT2D eigenvalue weighted by molar-refractivity contribution is 5.72. The highest BCUT2D eigenvalue weighted by atomic mass is 16.7. The number of methoxy groups -OCH3 is 1. The molecule has 3 saturated heterocycles. The number of hydrogen-bond donors (Lipinski definition) is 2. The molecule has 4 rings (SSSR count). The van der Waals surface area contributed by atoms with Crippen LogP contribution in [0.1, 0.15) is 114 Å². The minimum absolute atomic E-state index is 0.0447. The van der Waals surface area contributed by atoms with Crippen LogP contribution in [0.5, 0.6) is 0 Å². The summed E-state index contributed by atoms with van der Waals surface area (Å²) in [6.45, 7) is 15.9. The lowest BCUT2D eigenvalue weighted by molar-refractivity contribution is -0.344. The third-order valence-electron chi connectivity index (χ3n) is 13.5. The molecule has 18 heteroatoms. The Kier molecular flexibility index (Phi) is 22.5. The van der Waals surface area contributed by atoms with Crippen LogP contribution in [-0.2, 0) is 66.5 Å². The van der Waals surface area contributed by atoms with Gasteiger partial charge in [-0.05, 0) is 99.8 Å². The Bertz CT molecular complexity index is 1660. The summed E-state index contributed by atoms with van der Waals surface area (Å²) in [4.78, 5) is 55.5. The van der Waals surface area contributed by atoms with Crippen LogP contribution in [0.2, 0.25) is 0 Å². The molecule has 4 aliphatic rings. The fourth-order valence-electron chi connectivity index (χ4n) is 10.1. The maximum absolute atomic E-state index is 13.5. The van der Waals surface area contributed by atoms with Gasteiger partial charge in [-0.3, -0.25) is 14.4 Å². The Balaban J connectivity index is 1.69. The first-order valence-electron chi connectivity index (χ1n) is 24.5. The molecule has 390 valence electrons. The summed E-state index contributed by atoms with van der Waals surface area (Å²) in [5.41, 5.74) is -1.51. The number of aldehydes is 1. The lowest BCUT2D eigenvalue weighted by atomic mass is 9.82. The van der Waals surface area contributed by atoms with E-state index in [2.05, 4.69) is 4.90 Å². The number of carbonyl (C=O) groups is 4. The molecule has 68 heavy (non-hydrogen) atoms. The highest BCUT2D eigenvalue weighted by Gasteiger charge is 2.53. The lowest BCUT2D eigenvalue weighted by Crippen LogP contribution is -2.66. The van der Waals surface area contributed by atoms with E-state index in [1.807, 2.05) is 66.1 Å². The number of aliphatic hydroxyl groups is 2. The van der Waals surface area contributed by atoms with E-state index in [1.165, 1.54) is 14.0 Å². The fraction of sp³-hybridized carbons (Fsp3) is 0.840. The number of nitrogens with zero attached hydrogens (tertiary/aromatic N) is 2. The van der Waals surface area contributed by atoms with Gasteiger partial charge in [0, 0.05) is 45.8 Å². The zero-order valence-corrected chi connectivity index (χ0v) is 43.0. The zero-order chi connectivity index (χ0) is 50.6. The molecule has 0 aromatic heterocycles. The molecular formula is C50H84N2O16. The summed E-state index contributed by atoms with van der Waals surface area (Å²) in [7, 11) is 9.01. The van der Waals surface area contributed by atoms with Gasteiger partial charge in [0.2, 0.25) is 0 Å². The normalized spacial score (nSPS) is 41.2. The number of cyclic esters (lactones) is 1. The monoisotopic (exact) mass is 969 g/mol. The van der Waals surface area contributed by atoms with E-state index in [0.29, 0.717) is 19.3 Å². The number of allylic oxidation sites excluding steroid dienone is 2. The van der Waals surface area contributed by atoms with E-state index >= 15 is 0 Å². The Labute approximate surface area is 404 Å². The van der Waals surface area contributed by atoms with Crippen LogP contribution in [0.25, 0.3) is 0 Å². The molecule has 18 nitrogen and oxygen atoms in total. The Hall–Kier alpha value is -2.88. The molecule has 0 aromatic carbocycles. The fourth-order valence-corrected chi connectivity index (χ4v) is 10.1. The second-order valence-electron chi connectivity index (χ2n) is 20.5. The van der Waals surface area contributed by atoms with Gasteiger partial charge in [-0.1, -0.05) is 45.1 Å². The maximum atomic E-state index is 13.5. The second kappa shape index (κ2) is 26.5. The van der Waals surface area contributed by atoms with E-state index in [9.17, 15) is 29.4 Å². The number of ether oxygens (including phenoxy) is 10. The number of aliphatic hydroxyl groups excluding tert-OH is 1. The number of carbonyl (C=O) groups excluding carboxylic acids is 4. The van der Waals surface area contributed by atoms with E-state index in [4.69, 9.17) is 47.4 Å². The number of likely N-dealkylation sites (N-methyl/N-ethyl adjacent to an activating group) is 2. The topological polar surface area (TPSA) is 208 Å². The summed E-state index contributed by atoms with van der Waals surface area (Å²) >= 11 is 0. The second-order valence-corrected chi connectivity index (χ2v) is 20.5. The van der Waals surface area contributed by atoms with Crippen LogP contribution in [0.15, 0.2) is 24.3 Å². The van der Waals surface area contributed by atoms with E-state index < -0.39 is 122 Å². The number of esters is 3. The average Bonchev–Trinajstić information content (AvgIpc) is 3.21. The molecule has 0 aliphatic carbocycles. The predicted octanol–water partition coefficient (Wildman–Crippen LogP) is 4.49. The first kappa shape index (κ1) is 57.7. The Morgan fingerprint density at radius 1 is 0.897 bits per heavy atom. The van der Waals surface area contributed by atoms with Gasteiger partial charge < -0.3 is 72.2 Å². The number of hydrogen-bond acceptors (Lipinski definition) is 18. The molecule has 0 aromatic rings. The SMILES string of the molecule is COC1[C@@H](O[C@@H]2O[C@H](C)[C@@H](O[C@H]3C[C@@](C)(O)[C@@H](OC(=O)CC(C)C)[C@H](C)O3)[C@H](N(C)C)[C@H]2O)[C@@H](CC=O)C[C@@H](C)[C@@H](O[C@H]2CC[C@H](N(C)C)[C@@H](C)O2)/C=C/C=C/C[C@@H](C)OC(=O)C[C@H]1OC(C)=O. The van der Waals surface area contributed by atoms with Gasteiger partial charge in [-0.15, -0.1) is 0 Å². The summed E-state index contributed by atoms with van der Waals surface area (Å²) < 4.78 is 62.7. The van der Waals surface area contributed by atoms with Gasteiger partial charge in [0.05, 0.1) is 43.0 Å². The van der Waals surface area contributed by atoms with Gasteiger partial charge in [-0.25, -0.2) is 0 Å². The lowest BCUT2D eigenvalue weighted by Gasteiger charge is -2.50. The van der Waals surface area contributed by atoms with Crippen LogP contribution in [0.4, 0.5) is 0 Å². The third-order valence-corrected chi connectivity index (χ3v) is 13.5. The van der Waals surface area contributed by atoms with E-state index in [1.54, 1.807) is 46.7 Å². The molecule has 0 amide bonds. The first-order chi connectivity index (χ1) is 31.9. The van der Waals surface area contributed by atoms with Gasteiger partial charge in [0.1, 0.15) is 42.4 Å². The van der Waals surface area contributed by atoms with Crippen molar-refractivity contribution in [3.05, 3.63) is 24.3 Å². The molecule has 4 aliphatic heterocycles. The summed E-state index contributed by atoms with van der Waals surface area (Å²) in [5, 5.41) is 23.9. The zero-order valence-electron chi connectivity index (χ0n) is 43.0. The molecule has 0 radical (unpaired) electrons. The van der Waals surface area contributed by atoms with Crippen LogP contribution < -0.4 is 0 Å². The van der Waals surface area contributed by atoms with Crippen molar-refractivity contribution in [3.8, 4) is 0 Å². The van der Waals surface area contributed by atoms with Crippen LogP contribution >= 0.6 is 0 Å². The quantitative estimate of drug-likeness (QED) is 0.132. The molecule has 0 bridgehead atoms. The molecule has 19 atom stereocenters. The van der Waals surface area contributed by atoms with Crippen molar-refractivity contribution in [2.24, 2.45) is 17.8 Å². The largest absolute Gasteiger partial charge is 0.462 e. The molecule has 2 N–H and O–H groups in total. The van der Waals surface area contributed by atoms with Gasteiger partial charge >= 0.3 is 17.9 Å². The van der Waals surface area contributed by atoms with Crippen LogP contribution in [0, 0.1) is 17.8 Å². The summed E-state index contributed by atoms with van der Waals surface area (Å²) in [5.74, 6) is -2.62. The third kappa shape index (κ3) is 16.3. The smallest absolute Gasteiger partial charge is 0.309 e. The minimum atomic E-state index is -1.51. The average molecular weight is 969 g/mol. The number of rotatable bonds is 15.